The summed E-state index contributed by atoms with van der Waals surface area (Å²) in [6, 6.07) is 4.10. The summed E-state index contributed by atoms with van der Waals surface area (Å²) in [7, 11) is -3.90. The highest BCUT2D eigenvalue weighted by Gasteiger charge is 2.26. The number of nitrogens with zero attached hydrogens (tertiary/aromatic N) is 1. The Labute approximate surface area is 111 Å². The molecule has 0 bridgehead atoms. The lowest BCUT2D eigenvalue weighted by Crippen LogP contribution is -2.30. The van der Waals surface area contributed by atoms with Crippen molar-refractivity contribution in [2.24, 2.45) is 5.73 Å². The van der Waals surface area contributed by atoms with Crippen molar-refractivity contribution in [3.63, 3.8) is 0 Å². The summed E-state index contributed by atoms with van der Waals surface area (Å²) in [4.78, 5) is 9.76. The normalized spacial score (nSPS) is 10.8. The smallest absolute Gasteiger partial charge is 0.289 e. The molecule has 18 heavy (non-hydrogen) atoms. The van der Waals surface area contributed by atoms with E-state index in [1.165, 1.54) is 19.1 Å². The lowest BCUT2D eigenvalue weighted by Gasteiger charge is -2.08. The summed E-state index contributed by atoms with van der Waals surface area (Å²) in [5.74, 6) is 0. The molecule has 7 nitrogen and oxygen atoms in total. The molecule has 1 aromatic carbocycles. The van der Waals surface area contributed by atoms with E-state index in [9.17, 15) is 18.5 Å². The van der Waals surface area contributed by atoms with Crippen molar-refractivity contribution in [1.82, 2.24) is 4.72 Å². The summed E-state index contributed by atoms with van der Waals surface area (Å²) in [6.07, 6.45) is 0. The molecule has 0 amide bonds. The number of benzene rings is 1. The van der Waals surface area contributed by atoms with Crippen molar-refractivity contribution in [1.29, 1.82) is 0 Å². The topological polar surface area (TPSA) is 115 Å². The molecule has 3 N–H and O–H groups in total. The van der Waals surface area contributed by atoms with Crippen molar-refractivity contribution < 1.29 is 13.3 Å². The van der Waals surface area contributed by atoms with Gasteiger partial charge in [-0.2, -0.15) is 0 Å². The quantitative estimate of drug-likeness (QED) is 0.608. The molecule has 0 saturated carbocycles. The summed E-state index contributed by atoms with van der Waals surface area (Å²) in [5, 5.41) is 10.8. The first-order valence-corrected chi connectivity index (χ1v) is 6.32. The van der Waals surface area contributed by atoms with Gasteiger partial charge in [-0.25, -0.2) is 13.1 Å². The van der Waals surface area contributed by atoms with Crippen LogP contribution in [0.2, 0.25) is 0 Å². The molecular formula is C9H14ClN3O4S. The molecule has 0 saturated heterocycles. The lowest BCUT2D eigenvalue weighted by molar-refractivity contribution is -0.387. The second kappa shape index (κ2) is 6.64. The fourth-order valence-electron chi connectivity index (χ4n) is 1.40. The van der Waals surface area contributed by atoms with E-state index in [0.717, 1.165) is 6.07 Å². The molecule has 0 aliphatic heterocycles. The molecule has 0 atom stereocenters. The number of nitro groups is 1. The van der Waals surface area contributed by atoms with Crippen LogP contribution in [0.25, 0.3) is 0 Å². The van der Waals surface area contributed by atoms with Gasteiger partial charge in [0, 0.05) is 19.2 Å². The first kappa shape index (κ1) is 16.8. The largest absolute Gasteiger partial charge is 0.329 e. The van der Waals surface area contributed by atoms with Crippen molar-refractivity contribution in [2.75, 3.05) is 13.1 Å². The Kier molecular flexibility index (Phi) is 6.19. The Bertz CT molecular complexity index is 533. The number of nitro benzene ring substituents is 1. The Morgan fingerprint density at radius 1 is 1.44 bits per heavy atom. The van der Waals surface area contributed by atoms with Crippen molar-refractivity contribution in [2.45, 2.75) is 11.8 Å². The van der Waals surface area contributed by atoms with Crippen LogP contribution in [-0.2, 0) is 10.0 Å². The maximum absolute atomic E-state index is 11.9. The third-order valence-electron chi connectivity index (χ3n) is 2.09. The highest BCUT2D eigenvalue weighted by atomic mass is 35.5. The van der Waals surface area contributed by atoms with E-state index < -0.39 is 20.6 Å². The van der Waals surface area contributed by atoms with Crippen LogP contribution in [0.1, 0.15) is 5.56 Å². The van der Waals surface area contributed by atoms with Gasteiger partial charge in [0.1, 0.15) is 0 Å². The van der Waals surface area contributed by atoms with Gasteiger partial charge in [0.25, 0.3) is 5.69 Å². The first-order valence-electron chi connectivity index (χ1n) is 4.84. The fourth-order valence-corrected chi connectivity index (χ4v) is 2.84. The Hall–Kier alpha value is -1.22. The van der Waals surface area contributed by atoms with Crippen LogP contribution >= 0.6 is 12.4 Å². The molecular weight excluding hydrogens is 282 g/mol. The third kappa shape index (κ3) is 3.64. The Morgan fingerprint density at radius 2 is 2.06 bits per heavy atom. The van der Waals surface area contributed by atoms with Crippen LogP contribution < -0.4 is 10.5 Å². The molecule has 0 aliphatic rings. The molecule has 0 heterocycles. The second-order valence-electron chi connectivity index (χ2n) is 3.37. The summed E-state index contributed by atoms with van der Waals surface area (Å²) < 4.78 is 25.9. The van der Waals surface area contributed by atoms with Gasteiger partial charge >= 0.3 is 0 Å². The summed E-state index contributed by atoms with van der Waals surface area (Å²) >= 11 is 0. The standard InChI is InChI=1S/C9H13N3O4S.ClH/c1-7-3-2-4-8(12(13)14)9(7)17(15,16)11-6-5-10;/h2-4,11H,5-6,10H2,1H3;1H. The van der Waals surface area contributed by atoms with Crippen LogP contribution in [0.4, 0.5) is 5.69 Å². The van der Waals surface area contributed by atoms with E-state index in [4.69, 9.17) is 5.73 Å². The van der Waals surface area contributed by atoms with Crippen LogP contribution in [0.3, 0.4) is 0 Å². The summed E-state index contributed by atoms with van der Waals surface area (Å²) in [6.45, 7) is 1.66. The van der Waals surface area contributed by atoms with Gasteiger partial charge in [-0.05, 0) is 12.5 Å². The predicted octanol–water partition coefficient (Wildman–Crippen LogP) is 0.562. The monoisotopic (exact) mass is 295 g/mol. The SMILES string of the molecule is Cc1cccc([N+](=O)[O-])c1S(=O)(=O)NCCN.Cl. The number of aryl methyl sites for hydroxylation is 1. The van der Waals surface area contributed by atoms with Gasteiger partial charge in [0.05, 0.1) is 4.92 Å². The molecule has 0 radical (unpaired) electrons. The number of hydrogen-bond donors (Lipinski definition) is 2. The average Bonchev–Trinajstić information content (AvgIpc) is 2.25. The molecule has 0 aromatic heterocycles. The van der Waals surface area contributed by atoms with Crippen LogP contribution in [0, 0.1) is 17.0 Å². The molecule has 1 rings (SSSR count). The summed E-state index contributed by atoms with van der Waals surface area (Å²) in [5.41, 5.74) is 5.08. The third-order valence-corrected chi connectivity index (χ3v) is 3.75. The minimum Gasteiger partial charge on any atom is -0.329 e. The van der Waals surface area contributed by atoms with E-state index in [0.29, 0.717) is 5.56 Å². The van der Waals surface area contributed by atoms with Crippen molar-refractivity contribution in [3.05, 3.63) is 33.9 Å². The minimum absolute atomic E-state index is 0. The van der Waals surface area contributed by atoms with Gasteiger partial charge in [-0.15, -0.1) is 12.4 Å². The number of sulfonamides is 1. The molecule has 0 fully saturated rings. The zero-order valence-corrected chi connectivity index (χ0v) is 11.3. The van der Waals surface area contributed by atoms with E-state index in [-0.39, 0.29) is 30.4 Å². The van der Waals surface area contributed by atoms with Gasteiger partial charge in [0.2, 0.25) is 10.0 Å². The van der Waals surface area contributed by atoms with E-state index >= 15 is 0 Å². The van der Waals surface area contributed by atoms with Gasteiger partial charge in [-0.1, -0.05) is 12.1 Å². The fraction of sp³-hybridized carbons (Fsp3) is 0.333. The van der Waals surface area contributed by atoms with Crippen molar-refractivity contribution >= 4 is 28.1 Å². The number of nitrogens with one attached hydrogen (secondary N) is 1. The number of nitrogens with two attached hydrogens (primary N) is 1. The molecule has 9 heteroatoms. The maximum atomic E-state index is 11.9. The van der Waals surface area contributed by atoms with Crippen LogP contribution in [0.15, 0.2) is 23.1 Å². The molecule has 0 aliphatic carbocycles. The highest BCUT2D eigenvalue weighted by Crippen LogP contribution is 2.26. The maximum Gasteiger partial charge on any atom is 0.289 e. The van der Waals surface area contributed by atoms with Crippen molar-refractivity contribution in [3.8, 4) is 0 Å². The van der Waals surface area contributed by atoms with E-state index in [1.54, 1.807) is 0 Å². The van der Waals surface area contributed by atoms with E-state index in [2.05, 4.69) is 4.72 Å². The van der Waals surface area contributed by atoms with Gasteiger partial charge in [0.15, 0.2) is 4.90 Å². The molecule has 102 valence electrons. The number of halogens is 1. The molecule has 1 aromatic rings. The van der Waals surface area contributed by atoms with Gasteiger partial charge in [-0.3, -0.25) is 10.1 Å². The zero-order chi connectivity index (χ0) is 13.1. The van der Waals surface area contributed by atoms with Crippen LogP contribution in [-0.4, -0.2) is 26.4 Å². The molecule has 0 unspecified atom stereocenters. The zero-order valence-electron chi connectivity index (χ0n) is 9.62. The number of rotatable bonds is 5. The van der Waals surface area contributed by atoms with Gasteiger partial charge < -0.3 is 5.73 Å². The van der Waals surface area contributed by atoms with E-state index in [1.807, 2.05) is 0 Å². The lowest BCUT2D eigenvalue weighted by atomic mass is 10.2. The second-order valence-corrected chi connectivity index (χ2v) is 5.07. The Morgan fingerprint density at radius 3 is 2.56 bits per heavy atom. The highest BCUT2D eigenvalue weighted by molar-refractivity contribution is 7.89. The minimum atomic E-state index is -3.90. The predicted molar refractivity (Wildman–Crippen MR) is 69.3 cm³/mol. The first-order chi connectivity index (χ1) is 7.90. The Balaban J connectivity index is 0.00000289. The molecule has 0 spiro atoms. The average molecular weight is 296 g/mol. The number of hydrogen-bond acceptors (Lipinski definition) is 5. The van der Waals surface area contributed by atoms with Crippen LogP contribution in [0.5, 0.6) is 0 Å².